The predicted octanol–water partition coefficient (Wildman–Crippen LogP) is 5.01. The molecule has 7 heteroatoms. The van der Waals surface area contributed by atoms with Crippen LogP contribution in [-0.4, -0.2) is 21.3 Å². The molecular formula is C24H26F2N2O3. The highest BCUT2D eigenvalue weighted by Crippen LogP contribution is 2.38. The van der Waals surface area contributed by atoms with Crippen LogP contribution in [0.5, 0.6) is 17.2 Å². The number of hydrogen-bond acceptors (Lipinski definition) is 5. The minimum Gasteiger partial charge on any atom is -0.497 e. The van der Waals surface area contributed by atoms with E-state index in [1.165, 1.54) is 13.2 Å². The second kappa shape index (κ2) is 9.66. The van der Waals surface area contributed by atoms with E-state index in [4.69, 9.17) is 19.9 Å². The van der Waals surface area contributed by atoms with Crippen LogP contribution in [0.4, 0.5) is 14.5 Å². The maximum atomic E-state index is 13.8. The summed E-state index contributed by atoms with van der Waals surface area (Å²) in [4.78, 5) is 0. The molecule has 3 N–H and O–H groups in total. The van der Waals surface area contributed by atoms with Gasteiger partial charge in [-0.15, -0.1) is 0 Å². The summed E-state index contributed by atoms with van der Waals surface area (Å²) in [5.74, 6) is -0.0903. The highest BCUT2D eigenvalue weighted by Gasteiger charge is 2.22. The number of benzene rings is 3. The molecule has 0 bridgehead atoms. The van der Waals surface area contributed by atoms with Gasteiger partial charge in [0.05, 0.1) is 33.1 Å². The minimum absolute atomic E-state index is 0.295. The number of methoxy groups -OCH3 is 3. The molecule has 2 atom stereocenters. The van der Waals surface area contributed by atoms with Crippen LogP contribution in [0.2, 0.25) is 0 Å². The number of ether oxygens (including phenoxy) is 3. The quantitative estimate of drug-likeness (QED) is 0.494. The Balaban J connectivity index is 2.04. The molecular weight excluding hydrogens is 402 g/mol. The number of hydrogen-bond donors (Lipinski definition) is 2. The first-order valence-electron chi connectivity index (χ1n) is 9.74. The highest BCUT2D eigenvalue weighted by molar-refractivity contribution is 5.63. The lowest BCUT2D eigenvalue weighted by atomic mass is 9.95. The Morgan fingerprint density at radius 1 is 0.774 bits per heavy atom. The average Bonchev–Trinajstić information content (AvgIpc) is 2.78. The van der Waals surface area contributed by atoms with Crippen molar-refractivity contribution in [2.75, 3.05) is 27.1 Å². The van der Waals surface area contributed by atoms with Gasteiger partial charge in [-0.25, -0.2) is 8.78 Å². The molecule has 5 nitrogen and oxygen atoms in total. The van der Waals surface area contributed by atoms with Gasteiger partial charge in [-0.05, 0) is 60.0 Å². The molecule has 3 aromatic carbocycles. The molecule has 0 saturated carbocycles. The molecule has 0 aliphatic heterocycles. The summed E-state index contributed by atoms with van der Waals surface area (Å²) in [6.45, 7) is 1.88. The van der Waals surface area contributed by atoms with Crippen molar-refractivity contribution in [2.45, 2.75) is 19.0 Å². The molecule has 31 heavy (non-hydrogen) atoms. The lowest BCUT2D eigenvalue weighted by Crippen LogP contribution is -2.26. The van der Waals surface area contributed by atoms with Gasteiger partial charge in [-0.3, -0.25) is 5.32 Å². The third kappa shape index (κ3) is 4.88. The molecule has 0 aliphatic carbocycles. The molecule has 0 radical (unpaired) electrons. The molecule has 2 unspecified atom stereocenters. The monoisotopic (exact) mass is 428 g/mol. The van der Waals surface area contributed by atoms with E-state index in [-0.39, 0.29) is 12.1 Å². The zero-order chi connectivity index (χ0) is 22.5. The summed E-state index contributed by atoms with van der Waals surface area (Å²) in [6, 6.07) is 14.5. The molecule has 0 aromatic heterocycles. The standard InChI is InChI=1S/C24H26F2N2O3/c1-14(16-7-10-19(25)20(26)11-16)28-23(15-5-8-18(29-2)9-6-15)17-12-21(27)24(31-4)22(13-17)30-3/h5-14,23,28H,27H2,1-4H3. The average molecular weight is 428 g/mol. The molecule has 0 fully saturated rings. The molecule has 0 aliphatic rings. The molecule has 0 amide bonds. The number of anilines is 1. The summed E-state index contributed by atoms with van der Waals surface area (Å²) in [5, 5.41) is 3.48. The zero-order valence-electron chi connectivity index (χ0n) is 17.9. The maximum Gasteiger partial charge on any atom is 0.183 e. The molecule has 0 saturated heterocycles. The number of halogens is 2. The predicted molar refractivity (Wildman–Crippen MR) is 117 cm³/mol. The van der Waals surface area contributed by atoms with E-state index in [9.17, 15) is 8.78 Å². The van der Waals surface area contributed by atoms with E-state index in [1.54, 1.807) is 26.4 Å². The summed E-state index contributed by atoms with van der Waals surface area (Å²) >= 11 is 0. The van der Waals surface area contributed by atoms with Gasteiger partial charge < -0.3 is 19.9 Å². The van der Waals surface area contributed by atoms with E-state index >= 15 is 0 Å². The summed E-state index contributed by atoms with van der Waals surface area (Å²) < 4.78 is 43.2. The van der Waals surface area contributed by atoms with Crippen molar-refractivity contribution in [3.63, 3.8) is 0 Å². The van der Waals surface area contributed by atoms with Crippen LogP contribution in [0, 0.1) is 11.6 Å². The van der Waals surface area contributed by atoms with Crippen molar-refractivity contribution in [1.29, 1.82) is 0 Å². The second-order valence-corrected chi connectivity index (χ2v) is 7.11. The van der Waals surface area contributed by atoms with E-state index in [0.717, 1.165) is 22.9 Å². The van der Waals surface area contributed by atoms with Gasteiger partial charge in [0.2, 0.25) is 0 Å². The number of nitrogens with one attached hydrogen (secondary N) is 1. The highest BCUT2D eigenvalue weighted by atomic mass is 19.2. The molecule has 0 heterocycles. The lowest BCUT2D eigenvalue weighted by Gasteiger charge is -2.26. The smallest absolute Gasteiger partial charge is 0.183 e. The normalized spacial score (nSPS) is 12.8. The van der Waals surface area contributed by atoms with E-state index < -0.39 is 11.6 Å². The Morgan fingerprint density at radius 3 is 2.03 bits per heavy atom. The largest absolute Gasteiger partial charge is 0.497 e. The minimum atomic E-state index is -0.887. The van der Waals surface area contributed by atoms with E-state index in [0.29, 0.717) is 22.7 Å². The summed E-state index contributed by atoms with van der Waals surface area (Å²) in [7, 11) is 4.67. The first-order chi connectivity index (χ1) is 14.9. The fourth-order valence-corrected chi connectivity index (χ4v) is 3.49. The number of nitrogens with two attached hydrogens (primary N) is 1. The zero-order valence-corrected chi connectivity index (χ0v) is 17.9. The summed E-state index contributed by atoms with van der Waals surface area (Å²) in [6.07, 6.45) is 0. The molecule has 3 rings (SSSR count). The lowest BCUT2D eigenvalue weighted by molar-refractivity contribution is 0.355. The van der Waals surface area contributed by atoms with Crippen molar-refractivity contribution in [2.24, 2.45) is 0 Å². The third-order valence-electron chi connectivity index (χ3n) is 5.17. The van der Waals surface area contributed by atoms with Gasteiger partial charge in [-0.1, -0.05) is 18.2 Å². The Bertz CT molecular complexity index is 1040. The van der Waals surface area contributed by atoms with Gasteiger partial charge in [-0.2, -0.15) is 0 Å². The van der Waals surface area contributed by atoms with Gasteiger partial charge in [0.25, 0.3) is 0 Å². The number of nitrogen functional groups attached to an aromatic ring is 1. The van der Waals surface area contributed by atoms with Crippen LogP contribution in [0.15, 0.2) is 54.6 Å². The van der Waals surface area contributed by atoms with Crippen LogP contribution in [0.3, 0.4) is 0 Å². The van der Waals surface area contributed by atoms with Gasteiger partial charge >= 0.3 is 0 Å². The Labute approximate surface area is 180 Å². The SMILES string of the molecule is COc1ccc(C(NC(C)c2ccc(F)c(F)c2)c2cc(N)c(OC)c(OC)c2)cc1. The molecule has 3 aromatic rings. The third-order valence-corrected chi connectivity index (χ3v) is 5.17. The van der Waals surface area contributed by atoms with Crippen LogP contribution in [0.25, 0.3) is 0 Å². The van der Waals surface area contributed by atoms with Crippen molar-refractivity contribution in [3.05, 3.63) is 82.9 Å². The van der Waals surface area contributed by atoms with Crippen LogP contribution in [-0.2, 0) is 0 Å². The van der Waals surface area contributed by atoms with Crippen LogP contribution >= 0.6 is 0 Å². The molecule has 164 valence electrons. The first-order valence-corrected chi connectivity index (χ1v) is 9.74. The maximum absolute atomic E-state index is 13.8. The fraction of sp³-hybridized carbons (Fsp3) is 0.250. The van der Waals surface area contributed by atoms with Crippen molar-refractivity contribution in [1.82, 2.24) is 5.32 Å². The topological polar surface area (TPSA) is 65.7 Å². The van der Waals surface area contributed by atoms with Crippen molar-refractivity contribution < 1.29 is 23.0 Å². The summed E-state index contributed by atoms with van der Waals surface area (Å²) in [5.41, 5.74) is 9.01. The van der Waals surface area contributed by atoms with Crippen LogP contribution < -0.4 is 25.3 Å². The first kappa shape index (κ1) is 22.4. The Morgan fingerprint density at radius 2 is 1.45 bits per heavy atom. The van der Waals surface area contributed by atoms with E-state index in [1.807, 2.05) is 37.3 Å². The van der Waals surface area contributed by atoms with Crippen molar-refractivity contribution in [3.8, 4) is 17.2 Å². The number of rotatable bonds is 8. The van der Waals surface area contributed by atoms with Gasteiger partial charge in [0.15, 0.2) is 23.1 Å². The Kier molecular flexibility index (Phi) is 6.97. The van der Waals surface area contributed by atoms with Crippen molar-refractivity contribution >= 4 is 5.69 Å². The fourth-order valence-electron chi connectivity index (χ4n) is 3.49. The van der Waals surface area contributed by atoms with Gasteiger partial charge in [0, 0.05) is 6.04 Å². The van der Waals surface area contributed by atoms with E-state index in [2.05, 4.69) is 5.32 Å². The second-order valence-electron chi connectivity index (χ2n) is 7.11. The molecule has 0 spiro atoms. The Hall–Kier alpha value is -3.32. The van der Waals surface area contributed by atoms with Gasteiger partial charge in [0.1, 0.15) is 5.75 Å². The van der Waals surface area contributed by atoms with Crippen LogP contribution in [0.1, 0.15) is 35.7 Å².